The van der Waals surface area contributed by atoms with Crippen LogP contribution in [-0.2, 0) is 4.79 Å². The van der Waals surface area contributed by atoms with E-state index in [0.29, 0.717) is 23.3 Å². The van der Waals surface area contributed by atoms with Gasteiger partial charge in [-0.1, -0.05) is 13.8 Å². The number of aryl methyl sites for hydroxylation is 1. The van der Waals surface area contributed by atoms with Crippen molar-refractivity contribution < 1.29 is 4.79 Å². The van der Waals surface area contributed by atoms with Crippen molar-refractivity contribution in [3.63, 3.8) is 0 Å². The van der Waals surface area contributed by atoms with E-state index >= 15 is 0 Å². The van der Waals surface area contributed by atoms with Gasteiger partial charge in [0.1, 0.15) is 5.82 Å². The summed E-state index contributed by atoms with van der Waals surface area (Å²) in [5.74, 6) is 0.571. The van der Waals surface area contributed by atoms with Crippen molar-refractivity contribution in [1.82, 2.24) is 14.3 Å². The first-order valence-electron chi connectivity index (χ1n) is 10.7. The molecule has 0 atom stereocenters. The molecule has 4 aromatic rings. The fourth-order valence-electron chi connectivity index (χ4n) is 2.93. The van der Waals surface area contributed by atoms with E-state index < -0.39 is 0 Å². The lowest BCUT2D eigenvalue weighted by molar-refractivity contribution is -0.107. The smallest absolute Gasteiger partial charge is 0.264 e. The Kier molecular flexibility index (Phi) is 10.4. The molecule has 0 saturated heterocycles. The summed E-state index contributed by atoms with van der Waals surface area (Å²) in [6, 6.07) is 13.1. The van der Waals surface area contributed by atoms with E-state index in [-0.39, 0.29) is 5.56 Å². The number of nitrogens with one attached hydrogen (secondary N) is 3. The summed E-state index contributed by atoms with van der Waals surface area (Å²) < 4.78 is 5.15. The number of nitrogens with two attached hydrogens (primary N) is 1. The zero-order valence-corrected chi connectivity index (χ0v) is 21.5. The molecule has 34 heavy (non-hydrogen) atoms. The van der Waals surface area contributed by atoms with Crippen LogP contribution >= 0.6 is 23.3 Å². The molecule has 8 nitrogen and oxygen atoms in total. The number of nitrogens with zero attached hydrogens (tertiary/aromatic N) is 2. The van der Waals surface area contributed by atoms with E-state index in [1.807, 2.05) is 58.2 Å². The maximum absolute atomic E-state index is 12.7. The highest BCUT2D eigenvalue weighted by molar-refractivity contribution is 7.99. The summed E-state index contributed by atoms with van der Waals surface area (Å²) in [6.07, 6.45) is 4.09. The molecule has 0 saturated carbocycles. The highest BCUT2D eigenvalue weighted by atomic mass is 32.2. The number of rotatable bonds is 6. The van der Waals surface area contributed by atoms with Crippen molar-refractivity contribution in [3.05, 3.63) is 70.1 Å². The van der Waals surface area contributed by atoms with Gasteiger partial charge in [0.25, 0.3) is 5.56 Å². The minimum atomic E-state index is -0.142. The summed E-state index contributed by atoms with van der Waals surface area (Å²) in [5, 5.41) is 7.42. The number of pyridine rings is 2. The Labute approximate surface area is 207 Å². The van der Waals surface area contributed by atoms with Crippen LogP contribution in [0.2, 0.25) is 0 Å². The zero-order chi connectivity index (χ0) is 25.1. The van der Waals surface area contributed by atoms with Gasteiger partial charge >= 0.3 is 0 Å². The van der Waals surface area contributed by atoms with Gasteiger partial charge < -0.3 is 16.4 Å². The molecule has 0 spiro atoms. The highest BCUT2D eigenvalue weighted by Crippen LogP contribution is 2.24. The van der Waals surface area contributed by atoms with Crippen LogP contribution in [-0.4, -0.2) is 30.1 Å². The Balaban J connectivity index is 0.000000286. The Bertz CT molecular complexity index is 1270. The standard InChI is InChI=1S/C16H17N5O.C6H7NOS2.C2H6/c1-18-11-3-4-15(20-9-11)21-6-5-10-7-14(19-2)13(17)8-12(10)16(21)22;1-5-2-3-6(9-5)10-7-4-8;1-2/h3-9,18-19H,17H2,1-2H3;2-4H,1H3,(H,7,8);1-2H3. The lowest BCUT2D eigenvalue weighted by Gasteiger charge is -2.10. The Morgan fingerprint density at radius 3 is 2.41 bits per heavy atom. The van der Waals surface area contributed by atoms with Crippen molar-refractivity contribution in [2.24, 2.45) is 0 Å². The number of thiophene rings is 1. The number of hydrogen-bond acceptors (Lipinski definition) is 8. The largest absolute Gasteiger partial charge is 0.397 e. The van der Waals surface area contributed by atoms with Gasteiger partial charge in [-0.05, 0) is 66.7 Å². The van der Waals surface area contributed by atoms with Gasteiger partial charge in [0, 0.05) is 30.6 Å². The highest BCUT2D eigenvalue weighted by Gasteiger charge is 2.08. The van der Waals surface area contributed by atoms with E-state index in [2.05, 4.69) is 20.3 Å². The summed E-state index contributed by atoms with van der Waals surface area (Å²) in [4.78, 5) is 28.1. The number of anilines is 3. The van der Waals surface area contributed by atoms with Gasteiger partial charge in [-0.25, -0.2) is 4.98 Å². The molecule has 180 valence electrons. The predicted octanol–water partition coefficient (Wildman–Crippen LogP) is 4.89. The van der Waals surface area contributed by atoms with E-state index in [0.717, 1.165) is 21.0 Å². The van der Waals surface area contributed by atoms with Crippen molar-refractivity contribution in [2.45, 2.75) is 25.0 Å². The molecule has 5 N–H and O–H groups in total. The van der Waals surface area contributed by atoms with Crippen LogP contribution in [0.1, 0.15) is 18.7 Å². The Morgan fingerprint density at radius 1 is 1.09 bits per heavy atom. The quantitative estimate of drug-likeness (QED) is 0.170. The topological polar surface area (TPSA) is 114 Å². The number of amides is 1. The first-order valence-corrected chi connectivity index (χ1v) is 12.3. The first kappa shape index (κ1) is 26.7. The molecule has 10 heteroatoms. The second-order valence-corrected chi connectivity index (χ2v) is 9.05. The molecule has 4 rings (SSSR count). The lowest BCUT2D eigenvalue weighted by Crippen LogP contribution is -2.19. The van der Waals surface area contributed by atoms with E-state index in [9.17, 15) is 9.59 Å². The molecule has 0 aliphatic rings. The molecular formula is C24H30N6O2S2. The molecule has 0 aliphatic heterocycles. The molecule has 0 radical (unpaired) electrons. The maximum Gasteiger partial charge on any atom is 0.264 e. The van der Waals surface area contributed by atoms with Gasteiger partial charge in [-0.2, -0.15) is 0 Å². The fraction of sp³-hybridized carbons (Fsp3) is 0.208. The minimum Gasteiger partial charge on any atom is -0.397 e. The lowest BCUT2D eigenvalue weighted by atomic mass is 10.1. The molecule has 3 aromatic heterocycles. The number of aromatic nitrogens is 2. The third kappa shape index (κ3) is 6.75. The Hall–Kier alpha value is -3.50. The minimum absolute atomic E-state index is 0.142. The van der Waals surface area contributed by atoms with Gasteiger partial charge in [0.15, 0.2) is 0 Å². The van der Waals surface area contributed by atoms with Gasteiger partial charge in [-0.15, -0.1) is 11.3 Å². The number of carbonyl (C=O) groups excluding carboxylic acids is 1. The number of carbonyl (C=O) groups is 1. The second-order valence-electron chi connectivity index (χ2n) is 6.63. The van der Waals surface area contributed by atoms with Crippen molar-refractivity contribution in [2.75, 3.05) is 30.5 Å². The number of nitrogen functional groups attached to an aromatic ring is 1. The molecular weight excluding hydrogens is 468 g/mol. The predicted molar refractivity (Wildman–Crippen MR) is 146 cm³/mol. The van der Waals surface area contributed by atoms with E-state index in [1.165, 1.54) is 21.4 Å². The van der Waals surface area contributed by atoms with Crippen molar-refractivity contribution in [1.29, 1.82) is 0 Å². The molecule has 0 fully saturated rings. The van der Waals surface area contributed by atoms with Crippen LogP contribution < -0.4 is 26.6 Å². The Morgan fingerprint density at radius 2 is 1.85 bits per heavy atom. The fourth-order valence-corrected chi connectivity index (χ4v) is 4.53. The number of benzene rings is 1. The van der Waals surface area contributed by atoms with Gasteiger partial charge in [-0.3, -0.25) is 18.9 Å². The summed E-state index contributed by atoms with van der Waals surface area (Å²) >= 11 is 3.01. The molecule has 0 aliphatic carbocycles. The van der Waals surface area contributed by atoms with Crippen molar-refractivity contribution >= 4 is 57.5 Å². The third-order valence-electron chi connectivity index (χ3n) is 4.55. The van der Waals surface area contributed by atoms with Gasteiger partial charge in [0.2, 0.25) is 6.41 Å². The maximum atomic E-state index is 12.7. The third-order valence-corrected chi connectivity index (χ3v) is 6.40. The molecule has 3 heterocycles. The molecule has 1 amide bonds. The number of fused-ring (bicyclic) bond motifs is 1. The van der Waals surface area contributed by atoms with Crippen LogP contribution in [0.15, 0.2) is 63.9 Å². The summed E-state index contributed by atoms with van der Waals surface area (Å²) in [6.45, 7) is 6.04. The first-order chi connectivity index (χ1) is 16.5. The van der Waals surface area contributed by atoms with Crippen LogP contribution in [0, 0.1) is 6.92 Å². The number of hydrogen-bond donors (Lipinski definition) is 4. The van der Waals surface area contributed by atoms with Crippen molar-refractivity contribution in [3.8, 4) is 5.82 Å². The monoisotopic (exact) mass is 498 g/mol. The normalized spacial score (nSPS) is 9.79. The average Bonchev–Trinajstić information content (AvgIpc) is 3.29. The van der Waals surface area contributed by atoms with Crippen LogP contribution in [0.5, 0.6) is 0 Å². The van der Waals surface area contributed by atoms with E-state index in [1.54, 1.807) is 42.9 Å². The van der Waals surface area contributed by atoms with Crippen LogP contribution in [0.25, 0.3) is 16.6 Å². The summed E-state index contributed by atoms with van der Waals surface area (Å²) in [5.41, 5.74) is 8.06. The SMILES string of the molecule is CC.CNc1ccc(-n2ccc3cc(NC)c(N)cc3c2=O)nc1.Cc1ccc(SNC=O)s1. The van der Waals surface area contributed by atoms with Crippen LogP contribution in [0.4, 0.5) is 17.1 Å². The van der Waals surface area contributed by atoms with Gasteiger partial charge in [0.05, 0.1) is 27.5 Å². The second kappa shape index (κ2) is 13.3. The van der Waals surface area contributed by atoms with E-state index in [4.69, 9.17) is 5.73 Å². The van der Waals surface area contributed by atoms with Crippen LogP contribution in [0.3, 0.4) is 0 Å². The zero-order valence-electron chi connectivity index (χ0n) is 19.9. The molecule has 0 unspecified atom stereocenters. The summed E-state index contributed by atoms with van der Waals surface area (Å²) in [7, 11) is 3.62. The average molecular weight is 499 g/mol. The molecule has 1 aromatic carbocycles. The molecule has 0 bridgehead atoms.